The van der Waals surface area contributed by atoms with Crippen molar-refractivity contribution in [2.24, 2.45) is 5.92 Å². The highest BCUT2D eigenvalue weighted by molar-refractivity contribution is 5.70. The molecule has 1 saturated heterocycles. The Kier molecular flexibility index (Phi) is 3.26. The summed E-state index contributed by atoms with van der Waals surface area (Å²) >= 11 is 0. The number of anilines is 1. The van der Waals surface area contributed by atoms with Gasteiger partial charge in [0.05, 0.1) is 5.92 Å². The van der Waals surface area contributed by atoms with Crippen molar-refractivity contribution in [1.82, 2.24) is 0 Å². The van der Waals surface area contributed by atoms with Gasteiger partial charge in [0.1, 0.15) is 11.6 Å². The van der Waals surface area contributed by atoms with Gasteiger partial charge >= 0.3 is 5.97 Å². The van der Waals surface area contributed by atoms with Crippen LogP contribution in [0, 0.1) is 17.6 Å². The van der Waals surface area contributed by atoms with E-state index in [1.54, 1.807) is 0 Å². The van der Waals surface area contributed by atoms with Crippen molar-refractivity contribution in [3.63, 3.8) is 0 Å². The molecule has 0 radical (unpaired) electrons. The minimum absolute atomic E-state index is 0.343. The van der Waals surface area contributed by atoms with Crippen molar-refractivity contribution in [1.29, 1.82) is 0 Å². The summed E-state index contributed by atoms with van der Waals surface area (Å²) < 4.78 is 26.1. The number of benzene rings is 1. The summed E-state index contributed by atoms with van der Waals surface area (Å²) in [6.07, 6.45) is 1.01. The van der Waals surface area contributed by atoms with E-state index in [4.69, 9.17) is 5.11 Å². The molecule has 2 rings (SSSR count). The average Bonchev–Trinajstić information content (AvgIpc) is 2.28. The lowest BCUT2D eigenvalue weighted by molar-refractivity contribution is -0.142. The Hall–Kier alpha value is -1.65. The number of carbonyl (C=O) groups is 1. The Bertz CT molecular complexity index is 408. The topological polar surface area (TPSA) is 40.5 Å². The second-order valence-electron chi connectivity index (χ2n) is 4.23. The van der Waals surface area contributed by atoms with E-state index in [0.29, 0.717) is 31.6 Å². The van der Waals surface area contributed by atoms with Gasteiger partial charge in [-0.05, 0) is 25.0 Å². The highest BCUT2D eigenvalue weighted by Crippen LogP contribution is 2.24. The van der Waals surface area contributed by atoms with E-state index < -0.39 is 17.6 Å². The predicted molar refractivity (Wildman–Crippen MR) is 58.9 cm³/mol. The summed E-state index contributed by atoms with van der Waals surface area (Å²) in [6, 6.07) is 3.36. The summed E-state index contributed by atoms with van der Waals surface area (Å²) in [5.41, 5.74) is 0.478. The van der Waals surface area contributed by atoms with Gasteiger partial charge in [0.15, 0.2) is 0 Å². The zero-order valence-corrected chi connectivity index (χ0v) is 9.20. The van der Waals surface area contributed by atoms with Gasteiger partial charge in [0.2, 0.25) is 0 Å². The third kappa shape index (κ3) is 2.72. The number of aliphatic carboxylic acids is 1. The molecule has 0 bridgehead atoms. The smallest absolute Gasteiger partial charge is 0.306 e. The molecule has 0 atom stereocenters. The fraction of sp³-hybridized carbons (Fsp3) is 0.417. The van der Waals surface area contributed by atoms with Crippen molar-refractivity contribution in [3.05, 3.63) is 29.8 Å². The van der Waals surface area contributed by atoms with Crippen LogP contribution in [0.3, 0.4) is 0 Å². The summed E-state index contributed by atoms with van der Waals surface area (Å²) in [5.74, 6) is -2.36. The van der Waals surface area contributed by atoms with Crippen LogP contribution in [0.4, 0.5) is 14.5 Å². The summed E-state index contributed by atoms with van der Waals surface area (Å²) in [7, 11) is 0. The van der Waals surface area contributed by atoms with Crippen molar-refractivity contribution in [3.8, 4) is 0 Å². The number of carboxylic acid groups (broad SMARTS) is 1. The molecule has 0 unspecified atom stereocenters. The first-order valence-corrected chi connectivity index (χ1v) is 5.50. The Morgan fingerprint density at radius 3 is 2.18 bits per heavy atom. The normalized spacial score (nSPS) is 17.2. The van der Waals surface area contributed by atoms with Gasteiger partial charge < -0.3 is 10.0 Å². The molecule has 1 aromatic rings. The molecule has 0 amide bonds. The Labute approximate surface area is 97.7 Å². The zero-order chi connectivity index (χ0) is 12.4. The first-order valence-electron chi connectivity index (χ1n) is 5.50. The highest BCUT2D eigenvalue weighted by Gasteiger charge is 2.24. The Balaban J connectivity index is 2.07. The van der Waals surface area contributed by atoms with E-state index in [0.717, 1.165) is 6.07 Å². The van der Waals surface area contributed by atoms with Crippen LogP contribution in [-0.4, -0.2) is 24.2 Å². The predicted octanol–water partition coefficient (Wildman–Crippen LogP) is 2.27. The van der Waals surface area contributed by atoms with Crippen LogP contribution in [0.5, 0.6) is 0 Å². The molecule has 92 valence electrons. The zero-order valence-electron chi connectivity index (χ0n) is 9.20. The van der Waals surface area contributed by atoms with Crippen molar-refractivity contribution >= 4 is 11.7 Å². The van der Waals surface area contributed by atoms with Crippen LogP contribution >= 0.6 is 0 Å². The van der Waals surface area contributed by atoms with E-state index in [2.05, 4.69) is 0 Å². The first kappa shape index (κ1) is 11.8. The van der Waals surface area contributed by atoms with Crippen LogP contribution in [0.2, 0.25) is 0 Å². The number of hydrogen-bond acceptors (Lipinski definition) is 2. The van der Waals surface area contributed by atoms with Crippen LogP contribution in [0.1, 0.15) is 12.8 Å². The van der Waals surface area contributed by atoms with Gasteiger partial charge in [-0.15, -0.1) is 0 Å². The number of carboxylic acids is 1. The quantitative estimate of drug-likeness (QED) is 0.863. The van der Waals surface area contributed by atoms with E-state index in [1.165, 1.54) is 12.1 Å². The molecule has 1 heterocycles. The van der Waals surface area contributed by atoms with Crippen LogP contribution in [-0.2, 0) is 4.79 Å². The molecule has 0 aromatic heterocycles. The van der Waals surface area contributed by atoms with Crippen molar-refractivity contribution in [2.75, 3.05) is 18.0 Å². The maximum absolute atomic E-state index is 13.0. The minimum Gasteiger partial charge on any atom is -0.481 e. The maximum Gasteiger partial charge on any atom is 0.306 e. The van der Waals surface area contributed by atoms with Crippen LogP contribution in [0.15, 0.2) is 18.2 Å². The van der Waals surface area contributed by atoms with Gasteiger partial charge in [-0.2, -0.15) is 0 Å². The number of halogens is 2. The average molecular weight is 241 g/mol. The maximum atomic E-state index is 13.0. The van der Waals surface area contributed by atoms with Crippen LogP contribution < -0.4 is 4.90 Å². The molecule has 1 aromatic carbocycles. The molecule has 0 aliphatic carbocycles. The van der Waals surface area contributed by atoms with Gasteiger partial charge in [-0.25, -0.2) is 8.78 Å². The standard InChI is InChI=1S/C12H13F2NO2/c13-9-5-10(14)7-11(6-9)15-3-1-8(2-4-15)12(16)17/h5-8H,1-4H2,(H,16,17). The third-order valence-electron chi connectivity index (χ3n) is 3.06. The molecule has 1 aliphatic rings. The number of nitrogens with zero attached hydrogens (tertiary/aromatic N) is 1. The lowest BCUT2D eigenvalue weighted by Crippen LogP contribution is -2.36. The van der Waals surface area contributed by atoms with Gasteiger partial charge in [0.25, 0.3) is 0 Å². The molecule has 0 saturated carbocycles. The number of hydrogen-bond donors (Lipinski definition) is 1. The van der Waals surface area contributed by atoms with Gasteiger partial charge in [0, 0.05) is 24.8 Å². The SMILES string of the molecule is O=C(O)C1CCN(c2cc(F)cc(F)c2)CC1. The second kappa shape index (κ2) is 4.69. The summed E-state index contributed by atoms with van der Waals surface area (Å²) in [6.45, 7) is 1.03. The van der Waals surface area contributed by atoms with Gasteiger partial charge in [-0.3, -0.25) is 4.79 Å². The fourth-order valence-corrected chi connectivity index (χ4v) is 2.11. The second-order valence-corrected chi connectivity index (χ2v) is 4.23. The van der Waals surface area contributed by atoms with Gasteiger partial charge in [-0.1, -0.05) is 0 Å². The molecular formula is C12H13F2NO2. The minimum atomic E-state index is -0.796. The monoisotopic (exact) mass is 241 g/mol. The van der Waals surface area contributed by atoms with E-state index in [9.17, 15) is 13.6 Å². The summed E-state index contributed by atoms with van der Waals surface area (Å²) in [5, 5.41) is 8.84. The Morgan fingerprint density at radius 2 is 1.71 bits per heavy atom. The molecular weight excluding hydrogens is 228 g/mol. The molecule has 1 fully saturated rings. The first-order chi connectivity index (χ1) is 8.06. The highest BCUT2D eigenvalue weighted by atomic mass is 19.1. The molecule has 3 nitrogen and oxygen atoms in total. The molecule has 5 heteroatoms. The number of piperidine rings is 1. The molecule has 0 spiro atoms. The Morgan fingerprint density at radius 1 is 1.18 bits per heavy atom. The lowest BCUT2D eigenvalue weighted by Gasteiger charge is -2.31. The van der Waals surface area contributed by atoms with Crippen LogP contribution in [0.25, 0.3) is 0 Å². The van der Waals surface area contributed by atoms with E-state index in [1.807, 2.05) is 4.90 Å². The largest absolute Gasteiger partial charge is 0.481 e. The van der Waals surface area contributed by atoms with Crippen molar-refractivity contribution in [2.45, 2.75) is 12.8 Å². The molecule has 17 heavy (non-hydrogen) atoms. The van der Waals surface area contributed by atoms with Crippen molar-refractivity contribution < 1.29 is 18.7 Å². The number of rotatable bonds is 2. The molecule has 1 N–H and O–H groups in total. The van der Waals surface area contributed by atoms with E-state index >= 15 is 0 Å². The summed E-state index contributed by atoms with van der Waals surface area (Å²) in [4.78, 5) is 12.6. The molecule has 1 aliphatic heterocycles. The van der Waals surface area contributed by atoms with E-state index in [-0.39, 0.29) is 5.92 Å². The fourth-order valence-electron chi connectivity index (χ4n) is 2.11. The lowest BCUT2D eigenvalue weighted by atomic mass is 9.97. The third-order valence-corrected chi connectivity index (χ3v) is 3.06.